The summed E-state index contributed by atoms with van der Waals surface area (Å²) in [6.07, 6.45) is 3.96. The summed E-state index contributed by atoms with van der Waals surface area (Å²) in [5, 5.41) is 3.58. The summed E-state index contributed by atoms with van der Waals surface area (Å²) in [5.74, 6) is 0.834. The minimum atomic E-state index is 0.625. The smallest absolute Gasteiger partial charge is 0.0701 e. The van der Waals surface area contributed by atoms with Crippen molar-refractivity contribution in [3.63, 3.8) is 0 Å². The van der Waals surface area contributed by atoms with Gasteiger partial charge in [0.1, 0.15) is 0 Å². The summed E-state index contributed by atoms with van der Waals surface area (Å²) < 4.78 is 1.22. The quantitative estimate of drug-likeness (QED) is 0.762. The second-order valence-electron chi connectivity index (χ2n) is 4.81. The molecule has 0 aliphatic rings. The van der Waals surface area contributed by atoms with Crippen LogP contribution in [0, 0.1) is 5.92 Å². The molecule has 92 valence electrons. The van der Waals surface area contributed by atoms with E-state index in [0.717, 1.165) is 12.5 Å². The Bertz CT molecular complexity index is 296. The predicted octanol–water partition coefficient (Wildman–Crippen LogP) is 4.82. The number of hydrogen-bond acceptors (Lipinski definition) is 2. The van der Waals surface area contributed by atoms with Gasteiger partial charge in [-0.15, -0.1) is 11.3 Å². The Morgan fingerprint density at radius 2 is 2.00 bits per heavy atom. The van der Waals surface area contributed by atoms with Crippen molar-refractivity contribution in [3.8, 4) is 0 Å². The van der Waals surface area contributed by atoms with E-state index >= 15 is 0 Å². The normalized spacial score (nSPS) is 13.3. The van der Waals surface area contributed by atoms with Crippen LogP contribution in [0.1, 0.15) is 44.9 Å². The van der Waals surface area contributed by atoms with Crippen molar-refractivity contribution < 1.29 is 0 Å². The molecule has 1 nitrogen and oxygen atoms in total. The Morgan fingerprint density at radius 1 is 1.25 bits per heavy atom. The van der Waals surface area contributed by atoms with Gasteiger partial charge in [-0.25, -0.2) is 0 Å². The van der Waals surface area contributed by atoms with E-state index in [2.05, 4.69) is 54.2 Å². The van der Waals surface area contributed by atoms with Gasteiger partial charge >= 0.3 is 0 Å². The first-order valence-corrected chi connectivity index (χ1v) is 7.66. The molecule has 0 bridgehead atoms. The van der Waals surface area contributed by atoms with Crippen molar-refractivity contribution in [1.29, 1.82) is 0 Å². The Morgan fingerprint density at radius 3 is 2.56 bits per heavy atom. The molecule has 0 aromatic carbocycles. The van der Waals surface area contributed by atoms with Crippen molar-refractivity contribution in [3.05, 3.63) is 20.8 Å². The number of nitrogens with one attached hydrogen (secondary N) is 1. The Labute approximate surface area is 112 Å². The van der Waals surface area contributed by atoms with Gasteiger partial charge in [-0.3, -0.25) is 0 Å². The minimum Gasteiger partial charge on any atom is -0.309 e. The van der Waals surface area contributed by atoms with Gasteiger partial charge in [-0.2, -0.15) is 0 Å². The van der Waals surface area contributed by atoms with Crippen LogP contribution < -0.4 is 5.32 Å². The number of halogens is 1. The fourth-order valence-electron chi connectivity index (χ4n) is 1.66. The summed E-state index contributed by atoms with van der Waals surface area (Å²) in [4.78, 5) is 1.41. The number of hydrogen-bond donors (Lipinski definition) is 1. The van der Waals surface area contributed by atoms with E-state index in [1.807, 2.05) is 11.3 Å². The van der Waals surface area contributed by atoms with Gasteiger partial charge in [-0.05, 0) is 47.3 Å². The molecule has 0 spiro atoms. The molecular weight excluding hydrogens is 282 g/mol. The lowest BCUT2D eigenvalue weighted by molar-refractivity contribution is 0.458. The molecule has 1 rings (SSSR count). The molecule has 3 heteroatoms. The first-order valence-electron chi connectivity index (χ1n) is 6.05. The van der Waals surface area contributed by atoms with Crippen LogP contribution in [0.5, 0.6) is 0 Å². The number of rotatable bonds is 7. The number of thiophene rings is 1. The van der Waals surface area contributed by atoms with Crippen molar-refractivity contribution >= 4 is 27.3 Å². The summed E-state index contributed by atoms with van der Waals surface area (Å²) in [7, 11) is 0. The fourth-order valence-corrected chi connectivity index (χ4v) is 3.09. The highest BCUT2D eigenvalue weighted by atomic mass is 79.9. The lowest BCUT2D eigenvalue weighted by Crippen LogP contribution is -2.24. The van der Waals surface area contributed by atoms with Crippen molar-refractivity contribution in [2.24, 2.45) is 5.92 Å². The average Bonchev–Trinajstić information content (AvgIpc) is 2.61. The van der Waals surface area contributed by atoms with Crippen molar-refractivity contribution in [1.82, 2.24) is 5.32 Å². The largest absolute Gasteiger partial charge is 0.309 e. The zero-order valence-electron chi connectivity index (χ0n) is 10.4. The maximum absolute atomic E-state index is 3.58. The van der Waals surface area contributed by atoms with Gasteiger partial charge in [-0.1, -0.05) is 26.7 Å². The molecule has 16 heavy (non-hydrogen) atoms. The average molecular weight is 304 g/mol. The monoisotopic (exact) mass is 303 g/mol. The van der Waals surface area contributed by atoms with Crippen LogP contribution in [0.25, 0.3) is 0 Å². The SMILES string of the molecule is CC(C)CCCC(C)NCc1ccc(Br)s1. The van der Waals surface area contributed by atoms with Crippen LogP contribution >= 0.6 is 27.3 Å². The van der Waals surface area contributed by atoms with E-state index in [0.29, 0.717) is 6.04 Å². The fraction of sp³-hybridized carbons (Fsp3) is 0.692. The predicted molar refractivity (Wildman–Crippen MR) is 77.0 cm³/mol. The molecule has 1 unspecified atom stereocenters. The zero-order valence-corrected chi connectivity index (χ0v) is 12.8. The first kappa shape index (κ1) is 14.2. The van der Waals surface area contributed by atoms with E-state index in [4.69, 9.17) is 0 Å². The van der Waals surface area contributed by atoms with E-state index in [-0.39, 0.29) is 0 Å². The molecule has 1 aromatic rings. The van der Waals surface area contributed by atoms with E-state index < -0.39 is 0 Å². The van der Waals surface area contributed by atoms with Crippen LogP contribution in [-0.4, -0.2) is 6.04 Å². The minimum absolute atomic E-state index is 0.625. The van der Waals surface area contributed by atoms with Gasteiger partial charge in [0, 0.05) is 17.5 Å². The van der Waals surface area contributed by atoms with Crippen LogP contribution in [0.3, 0.4) is 0 Å². The van der Waals surface area contributed by atoms with Crippen LogP contribution in [0.2, 0.25) is 0 Å². The topological polar surface area (TPSA) is 12.0 Å². The molecule has 0 saturated carbocycles. The summed E-state index contributed by atoms with van der Waals surface area (Å²) in [6, 6.07) is 4.92. The zero-order chi connectivity index (χ0) is 12.0. The third-order valence-electron chi connectivity index (χ3n) is 2.67. The van der Waals surface area contributed by atoms with E-state index in [9.17, 15) is 0 Å². The Balaban J connectivity index is 2.12. The third kappa shape index (κ3) is 6.02. The van der Waals surface area contributed by atoms with Crippen molar-refractivity contribution in [2.75, 3.05) is 0 Å². The van der Waals surface area contributed by atoms with Gasteiger partial charge < -0.3 is 5.32 Å². The van der Waals surface area contributed by atoms with Gasteiger partial charge in [0.15, 0.2) is 0 Å². The summed E-state index contributed by atoms with van der Waals surface area (Å²) in [6.45, 7) is 7.87. The van der Waals surface area contributed by atoms with Gasteiger partial charge in [0.25, 0.3) is 0 Å². The molecule has 0 aliphatic carbocycles. The maximum Gasteiger partial charge on any atom is 0.0701 e. The molecule has 1 heterocycles. The second kappa shape index (κ2) is 7.46. The van der Waals surface area contributed by atoms with Crippen LogP contribution in [0.4, 0.5) is 0 Å². The lowest BCUT2D eigenvalue weighted by atomic mass is 10.0. The lowest BCUT2D eigenvalue weighted by Gasteiger charge is -2.13. The van der Waals surface area contributed by atoms with Crippen molar-refractivity contribution in [2.45, 2.75) is 52.6 Å². The Kier molecular flexibility index (Phi) is 6.62. The third-order valence-corrected chi connectivity index (χ3v) is 4.30. The molecule has 1 aromatic heterocycles. The summed E-state index contributed by atoms with van der Waals surface area (Å²) >= 11 is 5.30. The molecule has 0 saturated heterocycles. The molecule has 0 aliphatic heterocycles. The second-order valence-corrected chi connectivity index (χ2v) is 7.36. The molecule has 0 radical (unpaired) electrons. The molecule has 0 fully saturated rings. The van der Waals surface area contributed by atoms with E-state index in [1.165, 1.54) is 27.9 Å². The highest BCUT2D eigenvalue weighted by Crippen LogP contribution is 2.22. The van der Waals surface area contributed by atoms with Gasteiger partial charge in [0.2, 0.25) is 0 Å². The summed E-state index contributed by atoms with van der Waals surface area (Å²) in [5.41, 5.74) is 0. The molecular formula is C13H22BrNS. The first-order chi connectivity index (χ1) is 7.58. The standard InChI is InChI=1S/C13H22BrNS/c1-10(2)5-4-6-11(3)15-9-12-7-8-13(14)16-12/h7-8,10-11,15H,4-6,9H2,1-3H3. The van der Waals surface area contributed by atoms with E-state index in [1.54, 1.807) is 0 Å². The highest BCUT2D eigenvalue weighted by molar-refractivity contribution is 9.11. The Hall–Kier alpha value is 0.140. The maximum atomic E-state index is 3.58. The highest BCUT2D eigenvalue weighted by Gasteiger charge is 2.03. The molecule has 1 atom stereocenters. The van der Waals surface area contributed by atoms with Gasteiger partial charge in [0.05, 0.1) is 3.79 Å². The van der Waals surface area contributed by atoms with Crippen LogP contribution in [0.15, 0.2) is 15.9 Å². The molecule has 1 N–H and O–H groups in total. The molecule has 0 amide bonds. The van der Waals surface area contributed by atoms with Crippen LogP contribution in [-0.2, 0) is 6.54 Å².